The average Bonchev–Trinajstić information content (AvgIpc) is 2.93. The van der Waals surface area contributed by atoms with E-state index >= 15 is 0 Å². The Morgan fingerprint density at radius 1 is 1.00 bits per heavy atom. The van der Waals surface area contributed by atoms with Gasteiger partial charge in [-0.25, -0.2) is 0 Å². The molecule has 0 heterocycles. The summed E-state index contributed by atoms with van der Waals surface area (Å²) in [7, 11) is 0. The number of rotatable bonds is 4. The van der Waals surface area contributed by atoms with Crippen molar-refractivity contribution in [1.82, 2.24) is 0 Å². The van der Waals surface area contributed by atoms with Crippen molar-refractivity contribution >= 4 is 0 Å². The van der Waals surface area contributed by atoms with E-state index in [2.05, 4.69) is 13.8 Å². The standard InChI is InChI=1S/C24H40F3NO2/c1-21-11-7-16(29)14-15(21)5-6-17-18(21)8-12-22(2)19(17)9-13-23(22,28)10-3-4-20(30)24(25,26)27/h15-20,29-30H,3-14,28H2,1-2H3/t15?,16?,17?,18?,19?,20?,21?,22?,23-/m1/s1. The second-order valence-corrected chi connectivity index (χ2v) is 11.7. The summed E-state index contributed by atoms with van der Waals surface area (Å²) < 4.78 is 38.0. The van der Waals surface area contributed by atoms with Crippen LogP contribution < -0.4 is 5.73 Å². The Hall–Kier alpha value is -0.330. The van der Waals surface area contributed by atoms with Crippen molar-refractivity contribution in [2.75, 3.05) is 0 Å². The van der Waals surface area contributed by atoms with E-state index in [1.165, 1.54) is 12.8 Å². The first-order chi connectivity index (χ1) is 13.9. The van der Waals surface area contributed by atoms with Gasteiger partial charge in [0.05, 0.1) is 6.10 Å². The van der Waals surface area contributed by atoms with Crippen molar-refractivity contribution in [3.8, 4) is 0 Å². The lowest BCUT2D eigenvalue weighted by Gasteiger charge is -2.62. The second kappa shape index (κ2) is 7.62. The summed E-state index contributed by atoms with van der Waals surface area (Å²) >= 11 is 0. The van der Waals surface area contributed by atoms with Crippen molar-refractivity contribution < 1.29 is 23.4 Å². The summed E-state index contributed by atoms with van der Waals surface area (Å²) in [6.45, 7) is 4.77. The molecule has 0 saturated heterocycles. The first-order valence-corrected chi connectivity index (χ1v) is 12.1. The maximum absolute atomic E-state index is 12.7. The highest BCUT2D eigenvalue weighted by Crippen LogP contribution is 2.68. The Labute approximate surface area is 179 Å². The topological polar surface area (TPSA) is 66.5 Å². The van der Waals surface area contributed by atoms with Crippen molar-refractivity contribution in [2.45, 2.75) is 115 Å². The summed E-state index contributed by atoms with van der Waals surface area (Å²) in [6, 6.07) is 0. The molecule has 0 aromatic heterocycles. The predicted molar refractivity (Wildman–Crippen MR) is 111 cm³/mol. The Morgan fingerprint density at radius 2 is 1.70 bits per heavy atom. The first kappa shape index (κ1) is 22.8. The van der Waals surface area contributed by atoms with E-state index in [1.54, 1.807) is 0 Å². The highest BCUT2D eigenvalue weighted by atomic mass is 19.4. The molecule has 4 saturated carbocycles. The molecular weight excluding hydrogens is 391 g/mol. The molecule has 4 rings (SSSR count). The third kappa shape index (κ3) is 3.53. The van der Waals surface area contributed by atoms with Gasteiger partial charge in [0.2, 0.25) is 0 Å². The van der Waals surface area contributed by atoms with Crippen molar-refractivity contribution in [3.05, 3.63) is 0 Å². The van der Waals surface area contributed by atoms with Gasteiger partial charge in [-0.05, 0) is 112 Å². The SMILES string of the molecule is CC12CCC(O)CC1CCC1C2CCC2(C)C1CC[C@]2(N)CCCC(O)C(F)(F)F. The minimum absolute atomic E-state index is 0.0191. The highest BCUT2D eigenvalue weighted by Gasteiger charge is 2.63. The van der Waals surface area contributed by atoms with E-state index < -0.39 is 17.8 Å². The zero-order chi connectivity index (χ0) is 21.9. The molecule has 0 spiro atoms. The molecular formula is C24H40F3NO2. The second-order valence-electron chi connectivity index (χ2n) is 11.7. The number of halogens is 3. The van der Waals surface area contributed by atoms with Crippen LogP contribution in [0.5, 0.6) is 0 Å². The van der Waals surface area contributed by atoms with Gasteiger partial charge in [0, 0.05) is 5.54 Å². The third-order valence-electron chi connectivity index (χ3n) is 10.5. The van der Waals surface area contributed by atoms with Crippen LogP contribution in [-0.4, -0.2) is 34.1 Å². The van der Waals surface area contributed by atoms with Crippen molar-refractivity contribution in [2.24, 2.45) is 40.2 Å². The normalized spacial score (nSPS) is 49.8. The van der Waals surface area contributed by atoms with Gasteiger partial charge in [-0.3, -0.25) is 0 Å². The van der Waals surface area contributed by atoms with Crippen LogP contribution >= 0.6 is 0 Å². The van der Waals surface area contributed by atoms with E-state index in [-0.39, 0.29) is 17.9 Å². The van der Waals surface area contributed by atoms with Gasteiger partial charge < -0.3 is 15.9 Å². The lowest BCUT2D eigenvalue weighted by Crippen LogP contribution is -2.59. The van der Waals surface area contributed by atoms with Crippen LogP contribution in [0.3, 0.4) is 0 Å². The maximum Gasteiger partial charge on any atom is 0.414 e. The molecule has 0 bridgehead atoms. The smallest absolute Gasteiger partial charge is 0.393 e. The molecule has 8 unspecified atom stereocenters. The fourth-order valence-corrected chi connectivity index (χ4v) is 8.59. The van der Waals surface area contributed by atoms with Gasteiger partial charge in [-0.1, -0.05) is 13.8 Å². The molecule has 4 aliphatic rings. The van der Waals surface area contributed by atoms with Gasteiger partial charge in [0.25, 0.3) is 0 Å². The minimum atomic E-state index is -4.54. The molecule has 0 aliphatic heterocycles. The van der Waals surface area contributed by atoms with Crippen molar-refractivity contribution in [3.63, 3.8) is 0 Å². The Morgan fingerprint density at radius 3 is 2.40 bits per heavy atom. The van der Waals surface area contributed by atoms with Gasteiger partial charge in [0.1, 0.15) is 6.10 Å². The zero-order valence-corrected chi connectivity index (χ0v) is 18.6. The van der Waals surface area contributed by atoms with Gasteiger partial charge in [0.15, 0.2) is 0 Å². The quantitative estimate of drug-likeness (QED) is 0.574. The molecule has 4 fully saturated rings. The first-order valence-electron chi connectivity index (χ1n) is 12.1. The zero-order valence-electron chi connectivity index (χ0n) is 18.6. The predicted octanol–water partition coefficient (Wildman–Crippen LogP) is 5.18. The third-order valence-corrected chi connectivity index (χ3v) is 10.5. The van der Waals surface area contributed by atoms with Gasteiger partial charge >= 0.3 is 6.18 Å². The van der Waals surface area contributed by atoms with Crippen LogP contribution in [0, 0.1) is 34.5 Å². The number of aliphatic hydroxyl groups excluding tert-OH is 2. The molecule has 6 heteroatoms. The van der Waals surface area contributed by atoms with E-state index in [9.17, 15) is 23.4 Å². The van der Waals surface area contributed by atoms with Crippen LogP contribution in [0.4, 0.5) is 13.2 Å². The molecule has 0 radical (unpaired) electrons. The number of hydrogen-bond donors (Lipinski definition) is 3. The van der Waals surface area contributed by atoms with Crippen LogP contribution in [0.15, 0.2) is 0 Å². The largest absolute Gasteiger partial charge is 0.414 e. The fourth-order valence-electron chi connectivity index (χ4n) is 8.59. The number of alkyl halides is 3. The summed E-state index contributed by atoms with van der Waals surface area (Å²) in [5, 5.41) is 19.6. The monoisotopic (exact) mass is 431 g/mol. The Balaban J connectivity index is 1.46. The summed E-state index contributed by atoms with van der Waals surface area (Å²) in [6.07, 6.45) is 3.30. The number of aliphatic hydroxyl groups is 2. The molecule has 30 heavy (non-hydrogen) atoms. The number of nitrogens with two attached hydrogens (primary N) is 1. The van der Waals surface area contributed by atoms with Crippen LogP contribution in [-0.2, 0) is 0 Å². The summed E-state index contributed by atoms with van der Waals surface area (Å²) in [5.41, 5.74) is 6.83. The van der Waals surface area contributed by atoms with E-state index in [1.807, 2.05) is 0 Å². The van der Waals surface area contributed by atoms with E-state index in [4.69, 9.17) is 5.73 Å². The molecule has 0 aromatic carbocycles. The van der Waals surface area contributed by atoms with E-state index in [0.29, 0.717) is 41.9 Å². The van der Waals surface area contributed by atoms with Crippen LogP contribution in [0.25, 0.3) is 0 Å². The van der Waals surface area contributed by atoms with Gasteiger partial charge in [-0.15, -0.1) is 0 Å². The minimum Gasteiger partial charge on any atom is -0.393 e. The van der Waals surface area contributed by atoms with Crippen LogP contribution in [0.2, 0.25) is 0 Å². The molecule has 3 nitrogen and oxygen atoms in total. The van der Waals surface area contributed by atoms with E-state index in [0.717, 1.165) is 44.9 Å². The highest BCUT2D eigenvalue weighted by molar-refractivity contribution is 5.15. The molecule has 0 amide bonds. The van der Waals surface area contributed by atoms with Gasteiger partial charge in [-0.2, -0.15) is 13.2 Å². The number of fused-ring (bicyclic) bond motifs is 5. The molecule has 9 atom stereocenters. The molecule has 4 aliphatic carbocycles. The molecule has 0 aromatic rings. The Bertz CT molecular complexity index is 642. The summed E-state index contributed by atoms with van der Waals surface area (Å²) in [4.78, 5) is 0. The average molecular weight is 432 g/mol. The number of hydrogen-bond acceptors (Lipinski definition) is 3. The fraction of sp³-hybridized carbons (Fsp3) is 1.00. The molecule has 174 valence electrons. The molecule has 4 N–H and O–H groups in total. The maximum atomic E-state index is 12.7. The lowest BCUT2D eigenvalue weighted by atomic mass is 9.44. The summed E-state index contributed by atoms with van der Waals surface area (Å²) in [5.74, 6) is 2.53. The Kier molecular flexibility index (Phi) is 5.80. The van der Waals surface area contributed by atoms with Crippen LogP contribution in [0.1, 0.15) is 90.9 Å². The van der Waals surface area contributed by atoms with Crippen molar-refractivity contribution in [1.29, 1.82) is 0 Å². The lowest BCUT2D eigenvalue weighted by molar-refractivity contribution is -0.206.